The number of allylic oxidation sites excluding steroid dienone is 2. The zero-order valence-corrected chi connectivity index (χ0v) is 10.9. The maximum absolute atomic E-state index is 8.72. The second kappa shape index (κ2) is 8.45. The largest absolute Gasteiger partial charge is 0.392 e. The van der Waals surface area contributed by atoms with Crippen LogP contribution in [0.25, 0.3) is 0 Å². The molecule has 1 aliphatic heterocycles. The van der Waals surface area contributed by atoms with Crippen LogP contribution in [-0.2, 0) is 9.47 Å². The van der Waals surface area contributed by atoms with Crippen LogP contribution in [0.2, 0.25) is 0 Å². The van der Waals surface area contributed by atoms with Gasteiger partial charge in [-0.05, 0) is 33.1 Å². The van der Waals surface area contributed by atoms with Crippen molar-refractivity contribution >= 4 is 0 Å². The summed E-state index contributed by atoms with van der Waals surface area (Å²) in [4.78, 5) is 0. The molecule has 1 unspecified atom stereocenters. The fourth-order valence-electron chi connectivity index (χ4n) is 1.77. The Hall–Kier alpha value is -0.640. The van der Waals surface area contributed by atoms with Gasteiger partial charge in [-0.1, -0.05) is 23.3 Å². The predicted octanol–water partition coefficient (Wildman–Crippen LogP) is 2.80. The van der Waals surface area contributed by atoms with Gasteiger partial charge in [0.25, 0.3) is 0 Å². The van der Waals surface area contributed by atoms with Gasteiger partial charge in [0, 0.05) is 13.0 Å². The van der Waals surface area contributed by atoms with Crippen molar-refractivity contribution in [1.29, 1.82) is 0 Å². The highest BCUT2D eigenvalue weighted by Gasteiger charge is 2.15. The molecule has 0 aromatic heterocycles. The molecule has 17 heavy (non-hydrogen) atoms. The maximum Gasteiger partial charge on any atom is 0.158 e. The molecular formula is C14H24O3. The first-order valence-corrected chi connectivity index (χ1v) is 6.37. The number of aliphatic hydroxyl groups excluding tert-OH is 1. The van der Waals surface area contributed by atoms with Crippen LogP contribution >= 0.6 is 0 Å². The number of hydrogen-bond donors (Lipinski definition) is 1. The lowest BCUT2D eigenvalue weighted by molar-refractivity contribution is -0.103. The summed E-state index contributed by atoms with van der Waals surface area (Å²) in [7, 11) is 0. The fraction of sp³-hybridized carbons (Fsp3) is 0.714. The second-order valence-electron chi connectivity index (χ2n) is 4.58. The average Bonchev–Trinajstić information content (AvgIpc) is 2.79. The lowest BCUT2D eigenvalue weighted by atomic mass is 10.1. The molecule has 3 nitrogen and oxygen atoms in total. The van der Waals surface area contributed by atoms with Crippen LogP contribution in [0.5, 0.6) is 0 Å². The van der Waals surface area contributed by atoms with Crippen molar-refractivity contribution in [2.45, 2.75) is 45.8 Å². The molecule has 0 radical (unpaired) electrons. The van der Waals surface area contributed by atoms with Crippen molar-refractivity contribution in [3.05, 3.63) is 23.3 Å². The van der Waals surface area contributed by atoms with Gasteiger partial charge in [0.15, 0.2) is 6.29 Å². The molecule has 1 fully saturated rings. The Balaban J connectivity index is 2.13. The molecule has 0 spiro atoms. The molecule has 0 saturated carbocycles. The highest BCUT2D eigenvalue weighted by molar-refractivity contribution is 5.03. The Labute approximate surface area is 104 Å². The summed E-state index contributed by atoms with van der Waals surface area (Å²) < 4.78 is 11.0. The normalized spacial score (nSPS) is 22.2. The highest BCUT2D eigenvalue weighted by Crippen LogP contribution is 2.14. The molecule has 0 aliphatic carbocycles. The minimum absolute atomic E-state index is 0.00868. The molecule has 1 aliphatic rings. The minimum atomic E-state index is 0.00868. The average molecular weight is 240 g/mol. The van der Waals surface area contributed by atoms with Crippen LogP contribution in [0.15, 0.2) is 23.3 Å². The highest BCUT2D eigenvalue weighted by atomic mass is 16.7. The predicted molar refractivity (Wildman–Crippen MR) is 68.8 cm³/mol. The van der Waals surface area contributed by atoms with Crippen molar-refractivity contribution in [2.24, 2.45) is 0 Å². The standard InChI is InChI=1S/C14H24O3/c1-12(8-9-15)5-3-6-13(2)11-17-14-7-4-10-16-14/h6,8,14-15H,3-5,7,9-11H2,1-2H3/b12-8+,13-6-. The van der Waals surface area contributed by atoms with Gasteiger partial charge in [-0.2, -0.15) is 0 Å². The Bertz CT molecular complexity index is 263. The van der Waals surface area contributed by atoms with Gasteiger partial charge in [0.05, 0.1) is 13.2 Å². The van der Waals surface area contributed by atoms with Crippen molar-refractivity contribution in [2.75, 3.05) is 19.8 Å². The van der Waals surface area contributed by atoms with E-state index in [2.05, 4.69) is 13.0 Å². The molecule has 1 atom stereocenters. The number of aliphatic hydroxyl groups is 1. The summed E-state index contributed by atoms with van der Waals surface area (Å²) >= 11 is 0. The van der Waals surface area contributed by atoms with Crippen LogP contribution in [-0.4, -0.2) is 31.2 Å². The molecular weight excluding hydrogens is 216 g/mol. The Morgan fingerprint density at radius 3 is 2.82 bits per heavy atom. The third-order valence-electron chi connectivity index (χ3n) is 2.86. The number of ether oxygens (including phenoxy) is 2. The smallest absolute Gasteiger partial charge is 0.158 e. The summed E-state index contributed by atoms with van der Waals surface area (Å²) in [6, 6.07) is 0. The summed E-state index contributed by atoms with van der Waals surface area (Å²) in [5.74, 6) is 0. The first-order valence-electron chi connectivity index (χ1n) is 6.37. The zero-order chi connectivity index (χ0) is 12.5. The summed E-state index contributed by atoms with van der Waals surface area (Å²) in [5, 5.41) is 8.72. The van der Waals surface area contributed by atoms with Gasteiger partial charge < -0.3 is 14.6 Å². The van der Waals surface area contributed by atoms with E-state index < -0.39 is 0 Å². The van der Waals surface area contributed by atoms with Gasteiger partial charge in [0.2, 0.25) is 0 Å². The van der Waals surface area contributed by atoms with Crippen LogP contribution in [0, 0.1) is 0 Å². The van der Waals surface area contributed by atoms with Gasteiger partial charge in [-0.25, -0.2) is 0 Å². The van der Waals surface area contributed by atoms with Crippen molar-refractivity contribution in [3.8, 4) is 0 Å². The molecule has 0 aromatic carbocycles. The van der Waals surface area contributed by atoms with Gasteiger partial charge in [-0.15, -0.1) is 0 Å². The third-order valence-corrected chi connectivity index (χ3v) is 2.86. The van der Waals surface area contributed by atoms with Crippen molar-refractivity contribution in [1.82, 2.24) is 0 Å². The van der Waals surface area contributed by atoms with E-state index in [1.54, 1.807) is 0 Å². The lowest BCUT2D eigenvalue weighted by Gasteiger charge is -2.11. The molecule has 1 N–H and O–H groups in total. The molecule has 0 bridgehead atoms. The summed E-state index contributed by atoms with van der Waals surface area (Å²) in [5.41, 5.74) is 2.48. The number of rotatable bonds is 7. The monoisotopic (exact) mass is 240 g/mol. The van der Waals surface area contributed by atoms with E-state index in [-0.39, 0.29) is 12.9 Å². The maximum atomic E-state index is 8.72. The molecule has 3 heteroatoms. The van der Waals surface area contributed by atoms with Crippen molar-refractivity contribution < 1.29 is 14.6 Å². The molecule has 0 aromatic rings. The first-order chi connectivity index (χ1) is 8.22. The Morgan fingerprint density at radius 1 is 1.35 bits per heavy atom. The molecule has 98 valence electrons. The van der Waals surface area contributed by atoms with E-state index in [0.29, 0.717) is 6.61 Å². The number of hydrogen-bond acceptors (Lipinski definition) is 3. The van der Waals surface area contributed by atoms with Crippen LogP contribution < -0.4 is 0 Å². The Kier molecular flexibility index (Phi) is 7.17. The quantitative estimate of drug-likeness (QED) is 0.695. The minimum Gasteiger partial charge on any atom is -0.392 e. The fourth-order valence-corrected chi connectivity index (χ4v) is 1.77. The SMILES string of the molecule is C/C(=C/CC/C(C)=C/CO)COC1CCCO1. The molecule has 1 heterocycles. The van der Waals surface area contributed by atoms with E-state index in [1.165, 1.54) is 11.1 Å². The molecule has 1 rings (SSSR count). The second-order valence-corrected chi connectivity index (χ2v) is 4.58. The van der Waals surface area contributed by atoms with Gasteiger partial charge in [0.1, 0.15) is 0 Å². The first kappa shape index (κ1) is 14.4. The van der Waals surface area contributed by atoms with Crippen molar-refractivity contribution in [3.63, 3.8) is 0 Å². The van der Waals surface area contributed by atoms with E-state index in [1.807, 2.05) is 13.0 Å². The third kappa shape index (κ3) is 6.61. The van der Waals surface area contributed by atoms with Crippen LogP contribution in [0.1, 0.15) is 39.5 Å². The summed E-state index contributed by atoms with van der Waals surface area (Å²) in [6.07, 6.45) is 8.19. The topological polar surface area (TPSA) is 38.7 Å². The van der Waals surface area contributed by atoms with E-state index in [9.17, 15) is 0 Å². The van der Waals surface area contributed by atoms with Gasteiger partial charge in [-0.3, -0.25) is 0 Å². The molecule has 0 amide bonds. The molecule has 1 saturated heterocycles. The van der Waals surface area contributed by atoms with Crippen LogP contribution in [0.3, 0.4) is 0 Å². The van der Waals surface area contributed by atoms with E-state index >= 15 is 0 Å². The zero-order valence-electron chi connectivity index (χ0n) is 10.9. The van der Waals surface area contributed by atoms with Crippen LogP contribution in [0.4, 0.5) is 0 Å². The van der Waals surface area contributed by atoms with Gasteiger partial charge >= 0.3 is 0 Å². The van der Waals surface area contributed by atoms with E-state index in [4.69, 9.17) is 14.6 Å². The Morgan fingerprint density at radius 2 is 2.18 bits per heavy atom. The lowest BCUT2D eigenvalue weighted by Crippen LogP contribution is -2.11. The summed E-state index contributed by atoms with van der Waals surface area (Å²) in [6.45, 7) is 5.75. The van der Waals surface area contributed by atoms with E-state index in [0.717, 1.165) is 32.3 Å².